The van der Waals surface area contributed by atoms with Crippen molar-refractivity contribution >= 4 is 5.69 Å². The number of hydrogen-bond acceptors (Lipinski definition) is 2. The number of nitrogens with zero attached hydrogens (tertiary/aromatic N) is 1. The van der Waals surface area contributed by atoms with Crippen molar-refractivity contribution in [3.63, 3.8) is 0 Å². The molecule has 2 heteroatoms. The van der Waals surface area contributed by atoms with Gasteiger partial charge in [-0.25, -0.2) is 0 Å². The monoisotopic (exact) mass is 232 g/mol. The van der Waals surface area contributed by atoms with Gasteiger partial charge in [-0.2, -0.15) is 0 Å². The van der Waals surface area contributed by atoms with Crippen LogP contribution in [-0.2, 0) is 6.42 Å². The summed E-state index contributed by atoms with van der Waals surface area (Å²) in [7, 11) is 2.03. The summed E-state index contributed by atoms with van der Waals surface area (Å²) in [6.07, 6.45) is 1.19. The molecule has 0 radical (unpaired) electrons. The van der Waals surface area contributed by atoms with Gasteiger partial charge in [0.1, 0.15) is 0 Å². The van der Waals surface area contributed by atoms with E-state index in [9.17, 15) is 0 Å². The zero-order chi connectivity index (χ0) is 12.5. The molecule has 0 spiro atoms. The quantitative estimate of drug-likeness (QED) is 0.858. The van der Waals surface area contributed by atoms with Crippen molar-refractivity contribution in [2.75, 3.05) is 25.0 Å². The van der Waals surface area contributed by atoms with Crippen LogP contribution in [0.25, 0.3) is 0 Å². The van der Waals surface area contributed by atoms with E-state index in [-0.39, 0.29) is 0 Å². The van der Waals surface area contributed by atoms with Crippen molar-refractivity contribution in [1.82, 2.24) is 5.32 Å². The third-order valence-corrected chi connectivity index (χ3v) is 3.60. The van der Waals surface area contributed by atoms with Crippen molar-refractivity contribution in [3.05, 3.63) is 29.8 Å². The van der Waals surface area contributed by atoms with Crippen LogP contribution in [0.1, 0.15) is 26.3 Å². The molecule has 94 valence electrons. The van der Waals surface area contributed by atoms with E-state index in [1.54, 1.807) is 0 Å². The number of nitrogens with one attached hydrogen (secondary N) is 1. The van der Waals surface area contributed by atoms with E-state index in [2.05, 4.69) is 55.3 Å². The van der Waals surface area contributed by atoms with Gasteiger partial charge < -0.3 is 10.2 Å². The van der Waals surface area contributed by atoms with Crippen molar-refractivity contribution < 1.29 is 0 Å². The van der Waals surface area contributed by atoms with Crippen LogP contribution >= 0.6 is 0 Å². The van der Waals surface area contributed by atoms with E-state index in [0.29, 0.717) is 11.5 Å². The molecule has 1 N–H and O–H groups in total. The Morgan fingerprint density at radius 3 is 2.76 bits per heavy atom. The van der Waals surface area contributed by atoms with Crippen LogP contribution in [-0.4, -0.2) is 26.2 Å². The summed E-state index contributed by atoms with van der Waals surface area (Å²) in [5.41, 5.74) is 3.24. The number of para-hydroxylation sites is 1. The average molecular weight is 232 g/mol. The molecule has 2 nitrogen and oxygen atoms in total. The lowest BCUT2D eigenvalue weighted by molar-refractivity contribution is 0.346. The zero-order valence-electron chi connectivity index (χ0n) is 11.5. The van der Waals surface area contributed by atoms with Gasteiger partial charge in [-0.3, -0.25) is 0 Å². The van der Waals surface area contributed by atoms with Crippen LogP contribution in [0.2, 0.25) is 0 Å². The standard InChI is InChI=1S/C15H24N2/c1-12-9-13-7-5-6-8-14(13)17(12)11-15(2,3)10-16-4/h5-8,12,16H,9-11H2,1-4H3. The molecule has 0 fully saturated rings. The Morgan fingerprint density at radius 1 is 1.35 bits per heavy atom. The normalized spacial score (nSPS) is 19.5. The fourth-order valence-electron chi connectivity index (χ4n) is 2.87. The highest BCUT2D eigenvalue weighted by atomic mass is 15.2. The third-order valence-electron chi connectivity index (χ3n) is 3.60. The summed E-state index contributed by atoms with van der Waals surface area (Å²) in [5.74, 6) is 0. The second-order valence-electron chi connectivity index (χ2n) is 6.00. The first-order chi connectivity index (χ1) is 8.03. The van der Waals surface area contributed by atoms with Crippen molar-refractivity contribution in [2.24, 2.45) is 5.41 Å². The maximum absolute atomic E-state index is 3.29. The number of hydrogen-bond donors (Lipinski definition) is 1. The molecule has 0 bridgehead atoms. The van der Waals surface area contributed by atoms with E-state index in [1.165, 1.54) is 17.7 Å². The molecule has 1 heterocycles. The van der Waals surface area contributed by atoms with Gasteiger partial charge in [-0.05, 0) is 37.4 Å². The molecule has 1 aliphatic rings. The summed E-state index contributed by atoms with van der Waals surface area (Å²) in [5, 5.41) is 3.29. The van der Waals surface area contributed by atoms with Crippen molar-refractivity contribution in [2.45, 2.75) is 33.2 Å². The fraction of sp³-hybridized carbons (Fsp3) is 0.600. The average Bonchev–Trinajstić information content (AvgIpc) is 2.55. The molecule has 1 aliphatic heterocycles. The molecule has 0 amide bonds. The van der Waals surface area contributed by atoms with Gasteiger partial charge in [0.2, 0.25) is 0 Å². The molecule has 1 aromatic carbocycles. The molecule has 0 aliphatic carbocycles. The van der Waals surface area contributed by atoms with E-state index >= 15 is 0 Å². The smallest absolute Gasteiger partial charge is 0.0402 e. The fourth-order valence-corrected chi connectivity index (χ4v) is 2.87. The van der Waals surface area contributed by atoms with Gasteiger partial charge in [0.05, 0.1) is 0 Å². The predicted molar refractivity (Wildman–Crippen MR) is 74.7 cm³/mol. The Kier molecular flexibility index (Phi) is 3.43. The summed E-state index contributed by atoms with van der Waals surface area (Å²) >= 11 is 0. The van der Waals surface area contributed by atoms with Crippen LogP contribution in [0.3, 0.4) is 0 Å². The Hall–Kier alpha value is -1.02. The molecule has 2 rings (SSSR count). The van der Waals surface area contributed by atoms with Gasteiger partial charge in [-0.15, -0.1) is 0 Å². The molecule has 17 heavy (non-hydrogen) atoms. The Balaban J connectivity index is 2.17. The van der Waals surface area contributed by atoms with Crippen LogP contribution in [0.15, 0.2) is 24.3 Å². The highest BCUT2D eigenvalue weighted by Crippen LogP contribution is 2.34. The lowest BCUT2D eigenvalue weighted by Gasteiger charge is -2.34. The summed E-state index contributed by atoms with van der Waals surface area (Å²) in [6, 6.07) is 9.44. The predicted octanol–water partition coefficient (Wildman–Crippen LogP) is 2.68. The van der Waals surface area contributed by atoms with Gasteiger partial charge in [-0.1, -0.05) is 32.0 Å². The lowest BCUT2D eigenvalue weighted by Crippen LogP contribution is -2.42. The highest BCUT2D eigenvalue weighted by Gasteiger charge is 2.30. The maximum Gasteiger partial charge on any atom is 0.0402 e. The van der Waals surface area contributed by atoms with E-state index in [0.717, 1.165) is 13.1 Å². The Labute approximate surface area is 105 Å². The van der Waals surface area contributed by atoms with Gasteiger partial charge in [0.25, 0.3) is 0 Å². The molecule has 1 atom stereocenters. The largest absolute Gasteiger partial charge is 0.368 e. The molecule has 1 unspecified atom stereocenters. The number of anilines is 1. The van der Waals surface area contributed by atoms with E-state index in [1.807, 2.05) is 7.05 Å². The second kappa shape index (κ2) is 4.69. The Bertz CT molecular complexity index is 384. The lowest BCUT2D eigenvalue weighted by atomic mass is 9.92. The highest BCUT2D eigenvalue weighted by molar-refractivity contribution is 5.59. The number of fused-ring (bicyclic) bond motifs is 1. The zero-order valence-corrected chi connectivity index (χ0v) is 11.5. The Morgan fingerprint density at radius 2 is 2.06 bits per heavy atom. The van der Waals surface area contributed by atoms with Crippen LogP contribution in [0, 0.1) is 5.41 Å². The van der Waals surface area contributed by atoms with Crippen molar-refractivity contribution in [1.29, 1.82) is 0 Å². The maximum atomic E-state index is 3.29. The molecule has 1 aromatic rings. The van der Waals surface area contributed by atoms with Gasteiger partial charge >= 0.3 is 0 Å². The minimum Gasteiger partial charge on any atom is -0.368 e. The molecular weight excluding hydrogens is 208 g/mol. The van der Waals surface area contributed by atoms with Gasteiger partial charge in [0, 0.05) is 24.8 Å². The van der Waals surface area contributed by atoms with Gasteiger partial charge in [0.15, 0.2) is 0 Å². The molecule has 0 saturated carbocycles. The molecule has 0 saturated heterocycles. The molecular formula is C15H24N2. The minimum atomic E-state index is 0.306. The van der Waals surface area contributed by atoms with Crippen LogP contribution < -0.4 is 10.2 Å². The number of rotatable bonds is 4. The molecule has 0 aromatic heterocycles. The first-order valence-corrected chi connectivity index (χ1v) is 6.53. The SMILES string of the molecule is CNCC(C)(C)CN1c2ccccc2CC1C. The van der Waals surface area contributed by atoms with E-state index < -0.39 is 0 Å². The van der Waals surface area contributed by atoms with Crippen LogP contribution in [0.4, 0.5) is 5.69 Å². The third kappa shape index (κ3) is 2.63. The van der Waals surface area contributed by atoms with Crippen molar-refractivity contribution in [3.8, 4) is 0 Å². The number of benzene rings is 1. The van der Waals surface area contributed by atoms with E-state index in [4.69, 9.17) is 0 Å². The topological polar surface area (TPSA) is 15.3 Å². The summed E-state index contributed by atoms with van der Waals surface area (Å²) in [6.45, 7) is 9.16. The summed E-state index contributed by atoms with van der Waals surface area (Å²) in [4.78, 5) is 2.56. The first kappa shape index (κ1) is 12.4. The first-order valence-electron chi connectivity index (χ1n) is 6.53. The summed E-state index contributed by atoms with van der Waals surface area (Å²) < 4.78 is 0. The minimum absolute atomic E-state index is 0.306. The second-order valence-corrected chi connectivity index (χ2v) is 6.00. The van der Waals surface area contributed by atoms with Crippen LogP contribution in [0.5, 0.6) is 0 Å².